The van der Waals surface area contributed by atoms with Crippen LogP contribution >= 0.6 is 11.8 Å². The van der Waals surface area contributed by atoms with Crippen LogP contribution in [0.3, 0.4) is 0 Å². The van der Waals surface area contributed by atoms with Gasteiger partial charge in [-0.15, -0.1) is 0 Å². The fourth-order valence-electron chi connectivity index (χ4n) is 2.65. The van der Waals surface area contributed by atoms with Crippen LogP contribution in [0.4, 0.5) is 14.5 Å². The van der Waals surface area contributed by atoms with Crippen molar-refractivity contribution >= 4 is 33.4 Å². The molecule has 0 spiro atoms. The van der Waals surface area contributed by atoms with Gasteiger partial charge in [-0.1, -0.05) is 18.2 Å². The molecule has 0 radical (unpaired) electrons. The number of sulfonamides is 1. The summed E-state index contributed by atoms with van der Waals surface area (Å²) in [4.78, 5) is 12.2. The van der Waals surface area contributed by atoms with Gasteiger partial charge in [-0.25, -0.2) is 17.2 Å². The van der Waals surface area contributed by atoms with Crippen LogP contribution in [0.5, 0.6) is 0 Å². The average molecular weight is 463 g/mol. The SMILES string of the molecule is O=C(NCCSCc1ccccc1F)c1ccc(S(=O)(=O)Nc2ccc(F)cc2)cc1. The molecule has 0 aliphatic heterocycles. The molecule has 1 amide bonds. The Bertz CT molecular complexity index is 1140. The van der Waals surface area contributed by atoms with Gasteiger partial charge in [0.1, 0.15) is 11.6 Å². The van der Waals surface area contributed by atoms with Crippen LogP contribution < -0.4 is 10.0 Å². The van der Waals surface area contributed by atoms with E-state index in [-0.39, 0.29) is 22.3 Å². The Morgan fingerprint density at radius 2 is 1.58 bits per heavy atom. The van der Waals surface area contributed by atoms with Crippen molar-refractivity contribution in [2.45, 2.75) is 10.6 Å². The Kier molecular flexibility index (Phi) is 7.64. The summed E-state index contributed by atoms with van der Waals surface area (Å²) in [6.07, 6.45) is 0. The topological polar surface area (TPSA) is 75.3 Å². The molecule has 9 heteroatoms. The molecule has 0 saturated carbocycles. The number of thioether (sulfide) groups is 1. The summed E-state index contributed by atoms with van der Waals surface area (Å²) in [6, 6.07) is 17.0. The van der Waals surface area contributed by atoms with Gasteiger partial charge in [-0.05, 0) is 60.2 Å². The third kappa shape index (κ3) is 6.53. The number of anilines is 1. The Morgan fingerprint density at radius 3 is 2.26 bits per heavy atom. The van der Waals surface area contributed by atoms with E-state index in [2.05, 4.69) is 10.0 Å². The fraction of sp³-hybridized carbons (Fsp3) is 0.136. The summed E-state index contributed by atoms with van der Waals surface area (Å²) in [6.45, 7) is 0.393. The number of rotatable bonds is 9. The van der Waals surface area contributed by atoms with Gasteiger partial charge in [0, 0.05) is 29.3 Å². The molecule has 3 rings (SSSR count). The van der Waals surface area contributed by atoms with E-state index in [1.54, 1.807) is 18.2 Å². The molecule has 0 unspecified atom stereocenters. The number of carbonyl (C=O) groups is 1. The van der Waals surface area contributed by atoms with Crippen molar-refractivity contribution in [1.29, 1.82) is 0 Å². The summed E-state index contributed by atoms with van der Waals surface area (Å²) in [5.74, 6) is 0.0680. The van der Waals surface area contributed by atoms with E-state index in [0.717, 1.165) is 12.1 Å². The Hall–Kier alpha value is -2.91. The van der Waals surface area contributed by atoms with Crippen LogP contribution in [0.2, 0.25) is 0 Å². The van der Waals surface area contributed by atoms with Gasteiger partial charge in [0.05, 0.1) is 4.90 Å². The summed E-state index contributed by atoms with van der Waals surface area (Å²) >= 11 is 1.50. The maximum Gasteiger partial charge on any atom is 0.261 e. The predicted octanol–water partition coefficient (Wildman–Crippen LogP) is 4.43. The molecule has 0 saturated heterocycles. The Morgan fingerprint density at radius 1 is 0.903 bits per heavy atom. The quantitative estimate of drug-likeness (QED) is 0.462. The maximum absolute atomic E-state index is 13.6. The number of halogens is 2. The molecule has 0 heterocycles. The molecule has 0 aliphatic carbocycles. The van der Waals surface area contributed by atoms with E-state index in [4.69, 9.17) is 0 Å². The van der Waals surface area contributed by atoms with E-state index in [1.165, 1.54) is 54.2 Å². The number of nitrogens with one attached hydrogen (secondary N) is 2. The Balaban J connectivity index is 1.49. The van der Waals surface area contributed by atoms with Gasteiger partial charge in [0.2, 0.25) is 0 Å². The first-order valence-corrected chi connectivity index (χ1v) is 12.0. The third-order valence-electron chi connectivity index (χ3n) is 4.27. The smallest absolute Gasteiger partial charge is 0.261 e. The third-order valence-corrected chi connectivity index (χ3v) is 6.68. The molecule has 0 aromatic heterocycles. The summed E-state index contributed by atoms with van der Waals surface area (Å²) in [5, 5.41) is 2.75. The van der Waals surface area contributed by atoms with Gasteiger partial charge in [-0.3, -0.25) is 9.52 Å². The lowest BCUT2D eigenvalue weighted by atomic mass is 10.2. The van der Waals surface area contributed by atoms with Crippen LogP contribution in [0.15, 0.2) is 77.7 Å². The van der Waals surface area contributed by atoms with E-state index in [0.29, 0.717) is 29.2 Å². The molecule has 31 heavy (non-hydrogen) atoms. The van der Waals surface area contributed by atoms with Crippen LogP contribution in [-0.2, 0) is 15.8 Å². The number of amides is 1. The second kappa shape index (κ2) is 10.4. The molecule has 3 aromatic rings. The molecular formula is C22H20F2N2O3S2. The lowest BCUT2D eigenvalue weighted by Gasteiger charge is -2.09. The first-order valence-electron chi connectivity index (χ1n) is 9.33. The van der Waals surface area contributed by atoms with Crippen molar-refractivity contribution in [3.63, 3.8) is 0 Å². The fourth-order valence-corrected chi connectivity index (χ4v) is 4.56. The predicted molar refractivity (Wildman–Crippen MR) is 119 cm³/mol. The molecule has 162 valence electrons. The van der Waals surface area contributed by atoms with E-state index >= 15 is 0 Å². The first-order chi connectivity index (χ1) is 14.8. The Labute approximate surface area is 183 Å². The minimum atomic E-state index is -3.86. The van der Waals surface area contributed by atoms with Crippen LogP contribution in [-0.4, -0.2) is 26.6 Å². The van der Waals surface area contributed by atoms with E-state index < -0.39 is 15.8 Å². The molecule has 5 nitrogen and oxygen atoms in total. The zero-order valence-corrected chi connectivity index (χ0v) is 18.0. The molecule has 2 N–H and O–H groups in total. The maximum atomic E-state index is 13.6. The van der Waals surface area contributed by atoms with E-state index in [9.17, 15) is 22.0 Å². The van der Waals surface area contributed by atoms with Crippen molar-refractivity contribution in [2.75, 3.05) is 17.0 Å². The van der Waals surface area contributed by atoms with Crippen molar-refractivity contribution in [2.24, 2.45) is 0 Å². The number of carbonyl (C=O) groups excluding carboxylic acids is 1. The lowest BCUT2D eigenvalue weighted by Crippen LogP contribution is -2.25. The zero-order valence-electron chi connectivity index (χ0n) is 16.3. The molecule has 0 atom stereocenters. The molecule has 0 aliphatic rings. The van der Waals surface area contributed by atoms with Gasteiger partial charge >= 0.3 is 0 Å². The van der Waals surface area contributed by atoms with Crippen LogP contribution in [0, 0.1) is 11.6 Å². The molecule has 0 fully saturated rings. The van der Waals surface area contributed by atoms with Crippen molar-refractivity contribution in [3.8, 4) is 0 Å². The highest BCUT2D eigenvalue weighted by Crippen LogP contribution is 2.17. The second-order valence-corrected chi connectivity index (χ2v) is 9.32. The first kappa shape index (κ1) is 22.8. The normalized spacial score (nSPS) is 11.2. The van der Waals surface area contributed by atoms with Crippen molar-refractivity contribution in [1.82, 2.24) is 5.32 Å². The highest BCUT2D eigenvalue weighted by molar-refractivity contribution is 7.98. The highest BCUT2D eigenvalue weighted by Gasteiger charge is 2.15. The molecule has 3 aromatic carbocycles. The number of benzene rings is 3. The lowest BCUT2D eigenvalue weighted by molar-refractivity contribution is 0.0956. The van der Waals surface area contributed by atoms with Gasteiger partial charge in [0.25, 0.3) is 15.9 Å². The largest absolute Gasteiger partial charge is 0.351 e. The minimum absolute atomic E-state index is 0.0196. The van der Waals surface area contributed by atoms with Crippen molar-refractivity contribution < 1.29 is 22.0 Å². The van der Waals surface area contributed by atoms with Gasteiger partial charge in [0.15, 0.2) is 0 Å². The monoisotopic (exact) mass is 462 g/mol. The van der Waals surface area contributed by atoms with Crippen molar-refractivity contribution in [3.05, 3.63) is 95.6 Å². The molecular weight excluding hydrogens is 442 g/mol. The van der Waals surface area contributed by atoms with E-state index in [1.807, 2.05) is 0 Å². The number of hydrogen-bond acceptors (Lipinski definition) is 4. The minimum Gasteiger partial charge on any atom is -0.351 e. The zero-order chi connectivity index (χ0) is 22.3. The van der Waals surface area contributed by atoms with Crippen LogP contribution in [0.25, 0.3) is 0 Å². The number of hydrogen-bond donors (Lipinski definition) is 2. The van der Waals surface area contributed by atoms with Gasteiger partial charge < -0.3 is 5.32 Å². The summed E-state index contributed by atoms with van der Waals surface area (Å²) < 4.78 is 53.7. The summed E-state index contributed by atoms with van der Waals surface area (Å²) in [5.41, 5.74) is 1.17. The molecule has 0 bridgehead atoms. The van der Waals surface area contributed by atoms with Gasteiger partial charge in [-0.2, -0.15) is 11.8 Å². The second-order valence-electron chi connectivity index (χ2n) is 6.54. The summed E-state index contributed by atoms with van der Waals surface area (Å²) in [7, 11) is -3.86. The van der Waals surface area contributed by atoms with Crippen LogP contribution in [0.1, 0.15) is 15.9 Å². The highest BCUT2D eigenvalue weighted by atomic mass is 32.2. The average Bonchev–Trinajstić information content (AvgIpc) is 2.76. The standard InChI is InChI=1S/C22H20F2N2O3S2/c23-18-7-9-19(10-8-18)26-31(28,29)20-11-5-16(6-12-20)22(27)25-13-14-30-15-17-3-1-2-4-21(17)24/h1-12,26H,13-15H2,(H,25,27).